The molecular weight excluding hydrogens is 210 g/mol. The molecule has 0 heterocycles. The molecule has 16 heavy (non-hydrogen) atoms. The molecule has 0 amide bonds. The highest BCUT2D eigenvalue weighted by atomic mass is 16.5. The Hall–Kier alpha value is -2.04. The normalized spacial score (nSPS) is 11.9. The Morgan fingerprint density at radius 3 is 2.56 bits per heavy atom. The lowest BCUT2D eigenvalue weighted by molar-refractivity contribution is -0.138. The average Bonchev–Trinajstić information content (AvgIpc) is 2.27. The number of benzene rings is 1. The number of nitrogen functional groups attached to an aromatic ring is 1. The second kappa shape index (κ2) is 4.65. The average molecular weight is 223 g/mol. The predicted molar refractivity (Wildman–Crippen MR) is 58.2 cm³/mol. The van der Waals surface area contributed by atoms with Gasteiger partial charge in [-0.1, -0.05) is 12.1 Å². The number of para-hydroxylation sites is 1. The Balaban J connectivity index is 3.23. The van der Waals surface area contributed by atoms with Gasteiger partial charge in [0.05, 0.1) is 24.3 Å². The minimum atomic E-state index is -0.992. The first kappa shape index (κ1) is 12.0. The fraction of sp³-hybridized carbons (Fsp3) is 0.273. The first-order valence-corrected chi connectivity index (χ1v) is 4.68. The zero-order valence-corrected chi connectivity index (χ0v) is 9.06. The number of methoxy groups -OCH3 is 1. The number of carbonyl (C=O) groups is 2. The number of carboxylic acids is 1. The third-order valence-electron chi connectivity index (χ3n) is 2.38. The third kappa shape index (κ3) is 2.13. The minimum Gasteiger partial charge on any atom is -0.481 e. The number of nitrogens with two attached hydrogens (primary N) is 1. The minimum absolute atomic E-state index is 0.157. The molecule has 0 bridgehead atoms. The molecule has 0 unspecified atom stereocenters. The van der Waals surface area contributed by atoms with Crippen LogP contribution in [0.25, 0.3) is 0 Å². The van der Waals surface area contributed by atoms with Gasteiger partial charge in [-0.05, 0) is 18.6 Å². The van der Waals surface area contributed by atoms with Crippen molar-refractivity contribution in [1.82, 2.24) is 0 Å². The standard InChI is InChI=1S/C11H13NO4/c1-6(10(13)14)7-4-3-5-8(9(7)12)11(15)16-2/h3-6H,12H2,1-2H3,(H,13,14)/t6-/m0/s1. The molecule has 0 fully saturated rings. The Labute approximate surface area is 92.8 Å². The smallest absolute Gasteiger partial charge is 0.339 e. The van der Waals surface area contributed by atoms with Gasteiger partial charge in [-0.15, -0.1) is 0 Å². The van der Waals surface area contributed by atoms with Crippen molar-refractivity contribution in [3.63, 3.8) is 0 Å². The number of carboxylic acid groups (broad SMARTS) is 1. The molecule has 5 heteroatoms. The third-order valence-corrected chi connectivity index (χ3v) is 2.38. The molecule has 1 rings (SSSR count). The molecule has 0 aliphatic heterocycles. The summed E-state index contributed by atoms with van der Waals surface area (Å²) in [5.41, 5.74) is 6.49. The summed E-state index contributed by atoms with van der Waals surface area (Å²) >= 11 is 0. The molecule has 0 aromatic heterocycles. The van der Waals surface area contributed by atoms with Crippen molar-refractivity contribution in [2.24, 2.45) is 0 Å². The van der Waals surface area contributed by atoms with Crippen molar-refractivity contribution < 1.29 is 19.4 Å². The van der Waals surface area contributed by atoms with Gasteiger partial charge in [-0.3, -0.25) is 4.79 Å². The highest BCUT2D eigenvalue weighted by Crippen LogP contribution is 2.25. The molecule has 0 aliphatic carbocycles. The van der Waals surface area contributed by atoms with Crippen LogP contribution in [0.15, 0.2) is 18.2 Å². The number of aliphatic carboxylic acids is 1. The molecule has 0 radical (unpaired) electrons. The van der Waals surface area contributed by atoms with Gasteiger partial charge in [0, 0.05) is 0 Å². The van der Waals surface area contributed by atoms with Crippen molar-refractivity contribution >= 4 is 17.6 Å². The van der Waals surface area contributed by atoms with Crippen molar-refractivity contribution in [1.29, 1.82) is 0 Å². The van der Waals surface area contributed by atoms with Crippen LogP contribution in [0.2, 0.25) is 0 Å². The summed E-state index contributed by atoms with van der Waals surface area (Å²) < 4.78 is 4.55. The summed E-state index contributed by atoms with van der Waals surface area (Å²) in [7, 11) is 1.25. The van der Waals surface area contributed by atoms with Crippen molar-refractivity contribution in [3.05, 3.63) is 29.3 Å². The molecule has 0 saturated carbocycles. The maximum Gasteiger partial charge on any atom is 0.339 e. The summed E-state index contributed by atoms with van der Waals surface area (Å²) in [5, 5.41) is 8.87. The molecule has 1 aromatic rings. The molecule has 0 saturated heterocycles. The van der Waals surface area contributed by atoms with E-state index in [0.717, 1.165) is 0 Å². The quantitative estimate of drug-likeness (QED) is 0.594. The monoisotopic (exact) mass is 223 g/mol. The number of esters is 1. The number of rotatable bonds is 3. The van der Waals surface area contributed by atoms with E-state index in [9.17, 15) is 9.59 Å². The van der Waals surface area contributed by atoms with Crippen LogP contribution >= 0.6 is 0 Å². The number of carbonyl (C=O) groups excluding carboxylic acids is 1. The van der Waals surface area contributed by atoms with Crippen LogP contribution < -0.4 is 5.73 Å². The second-order valence-corrected chi connectivity index (χ2v) is 3.36. The molecule has 3 N–H and O–H groups in total. The molecule has 86 valence electrons. The molecular formula is C11H13NO4. The summed E-state index contributed by atoms with van der Waals surface area (Å²) in [6.07, 6.45) is 0. The van der Waals surface area contributed by atoms with E-state index < -0.39 is 17.9 Å². The fourth-order valence-electron chi connectivity index (χ4n) is 1.38. The van der Waals surface area contributed by atoms with Crippen molar-refractivity contribution in [2.75, 3.05) is 12.8 Å². The summed E-state index contributed by atoms with van der Waals surface area (Å²) in [5.74, 6) is -2.32. The Morgan fingerprint density at radius 1 is 1.44 bits per heavy atom. The van der Waals surface area contributed by atoms with E-state index >= 15 is 0 Å². The fourth-order valence-corrected chi connectivity index (χ4v) is 1.38. The van der Waals surface area contributed by atoms with Crippen LogP contribution in [0.3, 0.4) is 0 Å². The maximum absolute atomic E-state index is 11.3. The summed E-state index contributed by atoms with van der Waals surface area (Å²) in [6.45, 7) is 1.51. The molecule has 1 atom stereocenters. The van der Waals surface area contributed by atoms with Crippen LogP contribution in [0, 0.1) is 0 Å². The van der Waals surface area contributed by atoms with Crippen LogP contribution in [0.4, 0.5) is 5.69 Å². The van der Waals surface area contributed by atoms with Gasteiger partial charge in [0.2, 0.25) is 0 Å². The van der Waals surface area contributed by atoms with Crippen LogP contribution in [0.5, 0.6) is 0 Å². The summed E-state index contributed by atoms with van der Waals surface area (Å²) in [4.78, 5) is 22.2. The van der Waals surface area contributed by atoms with Gasteiger partial charge in [0.15, 0.2) is 0 Å². The van der Waals surface area contributed by atoms with E-state index in [0.29, 0.717) is 5.56 Å². The lowest BCUT2D eigenvalue weighted by Gasteiger charge is -2.12. The maximum atomic E-state index is 11.3. The molecule has 0 spiro atoms. The van der Waals surface area contributed by atoms with Gasteiger partial charge in [-0.25, -0.2) is 4.79 Å². The molecule has 5 nitrogen and oxygen atoms in total. The van der Waals surface area contributed by atoms with Gasteiger partial charge in [0.25, 0.3) is 0 Å². The molecule has 1 aromatic carbocycles. The van der Waals surface area contributed by atoms with E-state index in [1.165, 1.54) is 20.1 Å². The SMILES string of the molecule is COC(=O)c1cccc([C@H](C)C(=O)O)c1N. The van der Waals surface area contributed by atoms with Gasteiger partial charge in [-0.2, -0.15) is 0 Å². The van der Waals surface area contributed by atoms with Crippen molar-refractivity contribution in [3.8, 4) is 0 Å². The second-order valence-electron chi connectivity index (χ2n) is 3.36. The van der Waals surface area contributed by atoms with Crippen molar-refractivity contribution in [2.45, 2.75) is 12.8 Å². The zero-order chi connectivity index (χ0) is 12.3. The lowest BCUT2D eigenvalue weighted by atomic mass is 9.96. The highest BCUT2D eigenvalue weighted by molar-refractivity contribution is 5.96. The van der Waals surface area contributed by atoms with Gasteiger partial charge < -0.3 is 15.6 Å². The Kier molecular flexibility index (Phi) is 3.50. The number of hydrogen-bond acceptors (Lipinski definition) is 4. The first-order valence-electron chi connectivity index (χ1n) is 4.68. The van der Waals surface area contributed by atoms with E-state index in [2.05, 4.69) is 4.74 Å². The number of hydrogen-bond donors (Lipinski definition) is 2. The van der Waals surface area contributed by atoms with E-state index in [4.69, 9.17) is 10.8 Å². The predicted octanol–water partition coefficient (Wildman–Crippen LogP) is 1.24. The largest absolute Gasteiger partial charge is 0.481 e. The number of ether oxygens (including phenoxy) is 1. The Morgan fingerprint density at radius 2 is 2.06 bits per heavy atom. The molecule has 0 aliphatic rings. The summed E-state index contributed by atoms with van der Waals surface area (Å²) in [6, 6.07) is 4.66. The van der Waals surface area contributed by atoms with E-state index in [1.54, 1.807) is 12.1 Å². The first-order chi connectivity index (χ1) is 7.49. The van der Waals surface area contributed by atoms with E-state index in [1.807, 2.05) is 0 Å². The Bertz CT molecular complexity index is 428. The lowest BCUT2D eigenvalue weighted by Crippen LogP contribution is -2.13. The van der Waals surface area contributed by atoms with Crippen LogP contribution in [-0.4, -0.2) is 24.2 Å². The van der Waals surface area contributed by atoms with Crippen LogP contribution in [0.1, 0.15) is 28.8 Å². The van der Waals surface area contributed by atoms with Gasteiger partial charge >= 0.3 is 11.9 Å². The topological polar surface area (TPSA) is 89.6 Å². The van der Waals surface area contributed by atoms with E-state index in [-0.39, 0.29) is 11.3 Å². The van der Waals surface area contributed by atoms with Crippen LogP contribution in [-0.2, 0) is 9.53 Å². The number of anilines is 1. The highest BCUT2D eigenvalue weighted by Gasteiger charge is 2.20. The van der Waals surface area contributed by atoms with Gasteiger partial charge in [0.1, 0.15) is 0 Å². The zero-order valence-electron chi connectivity index (χ0n) is 9.06.